The summed E-state index contributed by atoms with van der Waals surface area (Å²) in [5.41, 5.74) is -0.806. The third-order valence-electron chi connectivity index (χ3n) is 3.88. The van der Waals surface area contributed by atoms with E-state index in [1.54, 1.807) is 7.11 Å². The van der Waals surface area contributed by atoms with Crippen LogP contribution in [0.5, 0.6) is 0 Å². The quantitative estimate of drug-likeness (QED) is 0.910. The number of aliphatic carboxylic acids is 1. The number of hydrogen-bond acceptors (Lipinski definition) is 5. The first-order valence-electron chi connectivity index (χ1n) is 6.96. The van der Waals surface area contributed by atoms with Gasteiger partial charge in [0.05, 0.1) is 12.0 Å². The molecular formula is C15H20N2O4S. The molecule has 22 heavy (non-hydrogen) atoms. The van der Waals surface area contributed by atoms with Gasteiger partial charge in [-0.1, -0.05) is 0 Å². The minimum atomic E-state index is -1.37. The second kappa shape index (κ2) is 5.81. The summed E-state index contributed by atoms with van der Waals surface area (Å²) in [7, 11) is 1.56. The summed E-state index contributed by atoms with van der Waals surface area (Å²) in [6.45, 7) is 7.19. The Morgan fingerprint density at radius 1 is 1.41 bits per heavy atom. The number of carboxylic acids is 1. The number of fused-ring (bicyclic) bond motifs is 1. The summed E-state index contributed by atoms with van der Waals surface area (Å²) in [6.07, 6.45) is 0.383. The van der Waals surface area contributed by atoms with Gasteiger partial charge in [-0.05, 0) is 33.3 Å². The number of nitrogens with zero attached hydrogens (tertiary/aromatic N) is 2. The maximum Gasteiger partial charge on any atom is 0.329 e. The first-order chi connectivity index (χ1) is 10.2. The molecule has 0 spiro atoms. The van der Waals surface area contributed by atoms with Crippen LogP contribution in [0.4, 0.5) is 0 Å². The van der Waals surface area contributed by atoms with Crippen molar-refractivity contribution in [2.24, 2.45) is 0 Å². The van der Waals surface area contributed by atoms with Crippen LogP contribution in [0.3, 0.4) is 0 Å². The van der Waals surface area contributed by atoms with Gasteiger partial charge in [0.15, 0.2) is 0 Å². The third-order valence-corrected chi connectivity index (χ3v) is 4.99. The number of methoxy groups -OCH3 is 1. The predicted molar refractivity (Wildman–Crippen MR) is 85.9 cm³/mol. The zero-order valence-corrected chi connectivity index (χ0v) is 14.2. The van der Waals surface area contributed by atoms with Gasteiger partial charge >= 0.3 is 5.97 Å². The maximum atomic E-state index is 12.9. The van der Waals surface area contributed by atoms with Crippen molar-refractivity contribution in [2.75, 3.05) is 13.7 Å². The van der Waals surface area contributed by atoms with E-state index in [4.69, 9.17) is 4.74 Å². The number of thiophene rings is 1. The molecule has 0 amide bonds. The van der Waals surface area contributed by atoms with E-state index in [1.807, 2.05) is 13.8 Å². The number of hydrogen-bond donors (Lipinski definition) is 1. The summed E-state index contributed by atoms with van der Waals surface area (Å²) in [5, 5.41) is 10.0. The Morgan fingerprint density at radius 3 is 2.59 bits per heavy atom. The summed E-state index contributed by atoms with van der Waals surface area (Å²) >= 11 is 1.46. The Morgan fingerprint density at radius 2 is 2.05 bits per heavy atom. The largest absolute Gasteiger partial charge is 0.480 e. The van der Waals surface area contributed by atoms with Crippen molar-refractivity contribution >= 4 is 27.5 Å². The molecule has 2 aromatic heterocycles. The zero-order valence-electron chi connectivity index (χ0n) is 13.4. The van der Waals surface area contributed by atoms with E-state index in [2.05, 4.69) is 4.98 Å². The van der Waals surface area contributed by atoms with E-state index in [1.165, 1.54) is 29.8 Å². The van der Waals surface area contributed by atoms with E-state index >= 15 is 0 Å². The van der Waals surface area contributed by atoms with Crippen LogP contribution in [0.15, 0.2) is 4.79 Å². The van der Waals surface area contributed by atoms with Gasteiger partial charge in [-0.25, -0.2) is 9.78 Å². The summed E-state index contributed by atoms with van der Waals surface area (Å²) in [6, 6.07) is 0. The Kier molecular flexibility index (Phi) is 4.39. The van der Waals surface area contributed by atoms with Crippen molar-refractivity contribution in [2.45, 2.75) is 39.7 Å². The van der Waals surface area contributed by atoms with Gasteiger partial charge in [0.25, 0.3) is 5.56 Å². The topological polar surface area (TPSA) is 81.4 Å². The second-order valence-corrected chi connectivity index (χ2v) is 6.94. The van der Waals surface area contributed by atoms with Crippen molar-refractivity contribution in [1.82, 2.24) is 9.55 Å². The molecule has 0 aliphatic carbocycles. The van der Waals surface area contributed by atoms with Crippen LogP contribution in [0.25, 0.3) is 10.2 Å². The molecule has 0 aromatic carbocycles. The van der Waals surface area contributed by atoms with Crippen LogP contribution >= 0.6 is 11.3 Å². The fourth-order valence-electron chi connectivity index (χ4n) is 2.37. The maximum absolute atomic E-state index is 12.9. The van der Waals surface area contributed by atoms with E-state index in [9.17, 15) is 14.7 Å². The molecular weight excluding hydrogens is 304 g/mol. The highest BCUT2D eigenvalue weighted by atomic mass is 32.1. The van der Waals surface area contributed by atoms with Crippen LogP contribution in [0.2, 0.25) is 0 Å². The molecule has 0 saturated carbocycles. The van der Waals surface area contributed by atoms with Crippen molar-refractivity contribution in [3.05, 3.63) is 26.6 Å². The number of aromatic nitrogens is 2. The van der Waals surface area contributed by atoms with Crippen LogP contribution in [-0.4, -0.2) is 34.3 Å². The lowest BCUT2D eigenvalue weighted by Gasteiger charge is -2.25. The van der Waals surface area contributed by atoms with Crippen molar-refractivity contribution in [1.29, 1.82) is 0 Å². The molecule has 2 aromatic rings. The van der Waals surface area contributed by atoms with Gasteiger partial charge in [-0.15, -0.1) is 11.3 Å². The molecule has 0 atom stereocenters. The molecule has 2 rings (SSSR count). The predicted octanol–water partition coefficient (Wildman–Crippen LogP) is 2.08. The van der Waals surface area contributed by atoms with Gasteiger partial charge < -0.3 is 9.84 Å². The first kappa shape index (κ1) is 16.6. The molecule has 120 valence electrons. The van der Waals surface area contributed by atoms with Gasteiger partial charge in [-0.2, -0.15) is 0 Å². The lowest BCUT2D eigenvalue weighted by molar-refractivity contribution is -0.146. The Balaban J connectivity index is 2.85. The van der Waals surface area contributed by atoms with Crippen LogP contribution < -0.4 is 5.56 Å². The van der Waals surface area contributed by atoms with E-state index in [-0.39, 0.29) is 5.56 Å². The number of aryl methyl sites for hydroxylation is 2. The average Bonchev–Trinajstić information content (AvgIpc) is 2.71. The lowest BCUT2D eigenvalue weighted by atomic mass is 10.0. The number of ether oxygens (including phenoxy) is 1. The van der Waals surface area contributed by atoms with Crippen LogP contribution in [0, 0.1) is 13.8 Å². The van der Waals surface area contributed by atoms with Crippen LogP contribution in [-0.2, 0) is 21.5 Å². The molecule has 1 N–H and O–H groups in total. The van der Waals surface area contributed by atoms with Gasteiger partial charge in [-0.3, -0.25) is 9.36 Å². The zero-order chi connectivity index (χ0) is 16.7. The van der Waals surface area contributed by atoms with Gasteiger partial charge in [0.2, 0.25) is 0 Å². The Hall–Kier alpha value is -1.73. The molecule has 2 heterocycles. The number of carbonyl (C=O) groups is 1. The smallest absolute Gasteiger partial charge is 0.329 e. The monoisotopic (exact) mass is 324 g/mol. The van der Waals surface area contributed by atoms with Gasteiger partial charge in [0, 0.05) is 18.4 Å². The molecule has 0 saturated heterocycles. The Bertz CT molecular complexity index is 789. The lowest BCUT2D eigenvalue weighted by Crippen LogP contribution is -2.45. The fraction of sp³-hybridized carbons (Fsp3) is 0.533. The second-order valence-electron chi connectivity index (χ2n) is 5.74. The minimum absolute atomic E-state index is 0.301. The van der Waals surface area contributed by atoms with Crippen molar-refractivity contribution in [3.63, 3.8) is 0 Å². The normalized spacial score (nSPS) is 12.0. The molecule has 0 aliphatic heterocycles. The third kappa shape index (κ3) is 2.55. The van der Waals surface area contributed by atoms with E-state index in [0.717, 1.165) is 10.4 Å². The molecule has 0 fully saturated rings. The fourth-order valence-corrected chi connectivity index (χ4v) is 3.41. The van der Waals surface area contributed by atoms with Gasteiger partial charge in [0.1, 0.15) is 16.2 Å². The van der Waals surface area contributed by atoms with Crippen molar-refractivity contribution < 1.29 is 14.6 Å². The summed E-state index contributed by atoms with van der Waals surface area (Å²) < 4.78 is 6.34. The minimum Gasteiger partial charge on any atom is -0.480 e. The summed E-state index contributed by atoms with van der Waals surface area (Å²) in [4.78, 5) is 30.7. The van der Waals surface area contributed by atoms with E-state index in [0.29, 0.717) is 29.1 Å². The van der Waals surface area contributed by atoms with Crippen molar-refractivity contribution in [3.8, 4) is 0 Å². The molecule has 6 nitrogen and oxygen atoms in total. The number of carboxylic acid groups (broad SMARTS) is 1. The molecule has 0 bridgehead atoms. The van der Waals surface area contributed by atoms with Crippen LogP contribution in [0.1, 0.15) is 30.1 Å². The molecule has 0 radical (unpaired) electrons. The number of rotatable bonds is 5. The molecule has 7 heteroatoms. The highest BCUT2D eigenvalue weighted by Crippen LogP contribution is 2.28. The molecule has 0 unspecified atom stereocenters. The SMILES string of the molecule is COCCc1nc2sc(C)c(C)c2c(=O)n1C(C)(C)C(=O)O. The highest BCUT2D eigenvalue weighted by molar-refractivity contribution is 7.18. The first-order valence-corrected chi connectivity index (χ1v) is 7.78. The van der Waals surface area contributed by atoms with E-state index < -0.39 is 11.5 Å². The average molecular weight is 324 g/mol. The Labute approximate surface area is 132 Å². The molecule has 0 aliphatic rings. The standard InChI is InChI=1S/C15H20N2O4S/c1-8-9(2)22-12-11(8)13(18)17(15(3,4)14(19)20)10(16-12)6-7-21-5/h6-7H2,1-5H3,(H,19,20). The highest BCUT2D eigenvalue weighted by Gasteiger charge is 2.34. The summed E-state index contributed by atoms with van der Waals surface area (Å²) in [5.74, 6) is -0.632.